The highest BCUT2D eigenvalue weighted by Gasteiger charge is 2.35. The van der Waals surface area contributed by atoms with Gasteiger partial charge in [0.2, 0.25) is 0 Å². The standard InChI is InChI=1S/C16H21Cl2N3/c1-3-11-4-5-14(10(11)2)21-15(6-7-17)20-13-8-12(18)9-19-16(13)21/h8-11,14H,3-7H2,1-2H3. The van der Waals surface area contributed by atoms with Crippen LogP contribution in [0.5, 0.6) is 0 Å². The maximum absolute atomic E-state index is 6.05. The lowest BCUT2D eigenvalue weighted by Gasteiger charge is -2.23. The zero-order chi connectivity index (χ0) is 15.0. The summed E-state index contributed by atoms with van der Waals surface area (Å²) in [6.45, 7) is 4.64. The highest BCUT2D eigenvalue weighted by atomic mass is 35.5. The van der Waals surface area contributed by atoms with Gasteiger partial charge in [0.05, 0.1) is 5.02 Å². The third-order valence-electron chi connectivity index (χ3n) is 4.93. The van der Waals surface area contributed by atoms with Gasteiger partial charge in [-0.1, -0.05) is 31.9 Å². The van der Waals surface area contributed by atoms with Gasteiger partial charge in [0, 0.05) is 24.5 Å². The Labute approximate surface area is 135 Å². The van der Waals surface area contributed by atoms with E-state index >= 15 is 0 Å². The van der Waals surface area contributed by atoms with E-state index in [1.54, 1.807) is 6.20 Å². The Morgan fingerprint density at radius 2 is 2.19 bits per heavy atom. The highest BCUT2D eigenvalue weighted by Crippen LogP contribution is 2.43. The van der Waals surface area contributed by atoms with Crippen molar-refractivity contribution < 1.29 is 0 Å². The van der Waals surface area contributed by atoms with Gasteiger partial charge in [0.25, 0.3) is 0 Å². The van der Waals surface area contributed by atoms with Gasteiger partial charge in [-0.05, 0) is 30.7 Å². The van der Waals surface area contributed by atoms with Crippen LogP contribution in [0.4, 0.5) is 0 Å². The molecular weight excluding hydrogens is 305 g/mol. The lowest BCUT2D eigenvalue weighted by atomic mass is 9.93. The number of pyridine rings is 1. The Hall–Kier alpha value is -0.800. The number of alkyl halides is 1. The number of aryl methyl sites for hydroxylation is 1. The van der Waals surface area contributed by atoms with Gasteiger partial charge < -0.3 is 4.57 Å². The third-order valence-corrected chi connectivity index (χ3v) is 5.32. The number of aromatic nitrogens is 3. The molecule has 1 aliphatic carbocycles. The van der Waals surface area contributed by atoms with Crippen LogP contribution < -0.4 is 0 Å². The molecule has 0 spiro atoms. The molecule has 2 aromatic rings. The molecule has 0 saturated heterocycles. The third kappa shape index (κ3) is 2.66. The second kappa shape index (κ2) is 6.13. The van der Waals surface area contributed by atoms with Crippen LogP contribution in [0.2, 0.25) is 5.02 Å². The molecule has 3 rings (SSSR count). The van der Waals surface area contributed by atoms with Crippen LogP contribution in [0, 0.1) is 11.8 Å². The summed E-state index contributed by atoms with van der Waals surface area (Å²) in [5.74, 6) is 3.07. The maximum Gasteiger partial charge on any atom is 0.160 e. The first-order valence-corrected chi connectivity index (χ1v) is 8.65. The molecule has 0 amide bonds. The van der Waals surface area contributed by atoms with Crippen molar-refractivity contribution in [1.82, 2.24) is 14.5 Å². The van der Waals surface area contributed by atoms with Gasteiger partial charge in [0.15, 0.2) is 5.65 Å². The number of nitrogens with zero attached hydrogens (tertiary/aromatic N) is 3. The van der Waals surface area contributed by atoms with Crippen LogP contribution in [-0.4, -0.2) is 20.4 Å². The lowest BCUT2D eigenvalue weighted by molar-refractivity contribution is 0.328. The smallest absolute Gasteiger partial charge is 0.160 e. The highest BCUT2D eigenvalue weighted by molar-refractivity contribution is 6.31. The van der Waals surface area contributed by atoms with Gasteiger partial charge in [0.1, 0.15) is 11.3 Å². The van der Waals surface area contributed by atoms with E-state index < -0.39 is 0 Å². The van der Waals surface area contributed by atoms with Crippen molar-refractivity contribution in [3.63, 3.8) is 0 Å². The Morgan fingerprint density at radius 3 is 2.86 bits per heavy atom. The Kier molecular flexibility index (Phi) is 4.41. The summed E-state index contributed by atoms with van der Waals surface area (Å²) >= 11 is 12.0. The second-order valence-corrected chi connectivity index (χ2v) is 6.82. The minimum atomic E-state index is 0.479. The van der Waals surface area contributed by atoms with E-state index in [1.165, 1.54) is 19.3 Å². The van der Waals surface area contributed by atoms with Crippen LogP contribution in [0.25, 0.3) is 11.2 Å². The largest absolute Gasteiger partial charge is 0.309 e. The molecule has 0 bridgehead atoms. The number of hydrogen-bond acceptors (Lipinski definition) is 2. The minimum Gasteiger partial charge on any atom is -0.309 e. The molecule has 1 aliphatic rings. The van der Waals surface area contributed by atoms with E-state index in [0.717, 1.165) is 29.3 Å². The molecule has 21 heavy (non-hydrogen) atoms. The number of fused-ring (bicyclic) bond motifs is 1. The SMILES string of the molecule is CCC1CCC(n2c(CCCl)nc3cc(Cl)cnc32)C1C. The number of hydrogen-bond donors (Lipinski definition) is 0. The molecule has 3 atom stereocenters. The number of rotatable bonds is 4. The molecule has 1 fully saturated rings. The van der Waals surface area contributed by atoms with Crippen molar-refractivity contribution in [2.24, 2.45) is 11.8 Å². The molecule has 0 radical (unpaired) electrons. The number of halogens is 2. The van der Waals surface area contributed by atoms with Gasteiger partial charge in [-0.3, -0.25) is 0 Å². The molecule has 5 heteroatoms. The minimum absolute atomic E-state index is 0.479. The molecular formula is C16H21Cl2N3. The summed E-state index contributed by atoms with van der Waals surface area (Å²) in [5.41, 5.74) is 1.84. The first kappa shape index (κ1) is 15.1. The van der Waals surface area contributed by atoms with E-state index in [2.05, 4.69) is 23.4 Å². The average Bonchev–Trinajstić information content (AvgIpc) is 2.98. The first-order valence-electron chi connectivity index (χ1n) is 7.74. The average molecular weight is 326 g/mol. The van der Waals surface area contributed by atoms with Crippen molar-refractivity contribution in [1.29, 1.82) is 0 Å². The van der Waals surface area contributed by atoms with Crippen LogP contribution >= 0.6 is 23.2 Å². The van der Waals surface area contributed by atoms with Crippen molar-refractivity contribution in [3.05, 3.63) is 23.1 Å². The fourth-order valence-electron chi connectivity index (χ4n) is 3.78. The van der Waals surface area contributed by atoms with E-state index in [0.29, 0.717) is 22.9 Å². The van der Waals surface area contributed by atoms with E-state index in [1.807, 2.05) is 6.07 Å². The van der Waals surface area contributed by atoms with Gasteiger partial charge >= 0.3 is 0 Å². The van der Waals surface area contributed by atoms with E-state index in [-0.39, 0.29) is 0 Å². The zero-order valence-electron chi connectivity index (χ0n) is 12.5. The van der Waals surface area contributed by atoms with Crippen molar-refractivity contribution >= 4 is 34.4 Å². The molecule has 3 unspecified atom stereocenters. The van der Waals surface area contributed by atoms with Crippen molar-refractivity contribution in [2.75, 3.05) is 5.88 Å². The molecule has 0 aromatic carbocycles. The summed E-state index contributed by atoms with van der Waals surface area (Å²) < 4.78 is 2.33. The lowest BCUT2D eigenvalue weighted by Crippen LogP contribution is -2.18. The van der Waals surface area contributed by atoms with Crippen molar-refractivity contribution in [2.45, 2.75) is 45.6 Å². The zero-order valence-corrected chi connectivity index (χ0v) is 14.0. The van der Waals surface area contributed by atoms with Crippen LogP contribution in [0.15, 0.2) is 12.3 Å². The van der Waals surface area contributed by atoms with Crippen LogP contribution in [0.3, 0.4) is 0 Å². The molecule has 1 saturated carbocycles. The van der Waals surface area contributed by atoms with Gasteiger partial charge in [-0.15, -0.1) is 11.6 Å². The number of imidazole rings is 1. The fraction of sp³-hybridized carbons (Fsp3) is 0.625. The topological polar surface area (TPSA) is 30.7 Å². The van der Waals surface area contributed by atoms with Crippen LogP contribution in [0.1, 0.15) is 45.0 Å². The molecule has 0 aliphatic heterocycles. The summed E-state index contributed by atoms with van der Waals surface area (Å²) in [4.78, 5) is 9.26. The van der Waals surface area contributed by atoms with Crippen LogP contribution in [-0.2, 0) is 6.42 Å². The summed E-state index contributed by atoms with van der Waals surface area (Å²) in [7, 11) is 0. The van der Waals surface area contributed by atoms with Gasteiger partial charge in [-0.25, -0.2) is 9.97 Å². The fourth-order valence-corrected chi connectivity index (χ4v) is 4.10. The molecule has 2 aromatic heterocycles. The Bertz CT molecular complexity index is 638. The van der Waals surface area contributed by atoms with E-state index in [4.69, 9.17) is 28.2 Å². The van der Waals surface area contributed by atoms with Crippen molar-refractivity contribution in [3.8, 4) is 0 Å². The predicted molar refractivity (Wildman–Crippen MR) is 88.2 cm³/mol. The molecule has 2 heterocycles. The normalized spacial score (nSPS) is 25.8. The first-order chi connectivity index (χ1) is 10.2. The predicted octanol–water partition coefficient (Wildman–Crippen LogP) is 4.86. The Morgan fingerprint density at radius 1 is 1.38 bits per heavy atom. The molecule has 3 nitrogen and oxygen atoms in total. The summed E-state index contributed by atoms with van der Waals surface area (Å²) in [6.07, 6.45) is 6.22. The molecule has 0 N–H and O–H groups in total. The second-order valence-electron chi connectivity index (χ2n) is 6.01. The van der Waals surface area contributed by atoms with Gasteiger partial charge in [-0.2, -0.15) is 0 Å². The quantitative estimate of drug-likeness (QED) is 0.751. The Balaban J connectivity index is 2.09. The van der Waals surface area contributed by atoms with E-state index in [9.17, 15) is 0 Å². The molecule has 114 valence electrons. The maximum atomic E-state index is 6.05. The summed E-state index contributed by atoms with van der Waals surface area (Å²) in [5, 5.41) is 0.635. The monoisotopic (exact) mass is 325 g/mol. The summed E-state index contributed by atoms with van der Waals surface area (Å²) in [6, 6.07) is 2.38.